The van der Waals surface area contributed by atoms with E-state index in [1.165, 1.54) is 5.56 Å². The molecule has 1 aliphatic heterocycles. The number of hydrogen-bond donors (Lipinski definition) is 1. The summed E-state index contributed by atoms with van der Waals surface area (Å²) in [4.78, 5) is 21.1. The van der Waals surface area contributed by atoms with Crippen LogP contribution in [0.15, 0.2) is 18.3 Å². The van der Waals surface area contributed by atoms with Crippen LogP contribution in [0.25, 0.3) is 0 Å². The van der Waals surface area contributed by atoms with E-state index in [9.17, 15) is 4.79 Å². The Morgan fingerprint density at radius 2 is 2.12 bits per heavy atom. The van der Waals surface area contributed by atoms with Gasteiger partial charge < -0.3 is 10.2 Å². The predicted molar refractivity (Wildman–Crippen MR) is 99.1 cm³/mol. The number of nitrogens with zero attached hydrogens (tertiary/aromatic N) is 3. The first-order chi connectivity index (χ1) is 11.4. The number of anilines is 1. The van der Waals surface area contributed by atoms with Gasteiger partial charge in [-0.25, -0.2) is 4.98 Å². The van der Waals surface area contributed by atoms with Crippen molar-refractivity contribution in [1.82, 2.24) is 15.2 Å². The van der Waals surface area contributed by atoms with Gasteiger partial charge in [0.05, 0.1) is 0 Å². The molecule has 2 rings (SSSR count). The Hall–Kier alpha value is -1.62. The molecule has 0 radical (unpaired) electrons. The number of amides is 1. The van der Waals surface area contributed by atoms with Gasteiger partial charge in [0.1, 0.15) is 5.82 Å². The zero-order valence-corrected chi connectivity index (χ0v) is 15.7. The molecule has 5 nitrogen and oxygen atoms in total. The minimum atomic E-state index is 0.0510. The zero-order valence-electron chi connectivity index (χ0n) is 15.7. The molecular formula is C19H32N4O. The molecule has 1 aromatic heterocycles. The van der Waals surface area contributed by atoms with Crippen molar-refractivity contribution in [3.05, 3.63) is 23.9 Å². The van der Waals surface area contributed by atoms with E-state index in [1.807, 2.05) is 20.0 Å². The molecule has 1 amide bonds. The molecule has 1 N–H and O–H groups in total. The van der Waals surface area contributed by atoms with Crippen LogP contribution in [-0.2, 0) is 11.3 Å². The molecule has 5 heteroatoms. The van der Waals surface area contributed by atoms with Crippen LogP contribution < -0.4 is 10.2 Å². The number of likely N-dealkylation sites (tertiary alicyclic amines) is 1. The molecule has 1 unspecified atom stereocenters. The molecule has 24 heavy (non-hydrogen) atoms. The first-order valence-electron chi connectivity index (χ1n) is 9.07. The molecule has 0 bridgehead atoms. The summed E-state index contributed by atoms with van der Waals surface area (Å²) in [5, 5.41) is 3.17. The second-order valence-corrected chi connectivity index (χ2v) is 7.47. The van der Waals surface area contributed by atoms with Crippen molar-refractivity contribution in [2.75, 3.05) is 25.0 Å². The SMILES string of the molecule is CC(C)C(=O)NC1CCCN(Cc2ccc(N(C)C(C)C)nc2)C1. The normalized spacial score (nSPS) is 18.9. The summed E-state index contributed by atoms with van der Waals surface area (Å²) in [7, 11) is 2.07. The van der Waals surface area contributed by atoms with Crippen LogP contribution in [0.5, 0.6) is 0 Å². The Balaban J connectivity index is 1.89. The third-order valence-electron chi connectivity index (χ3n) is 4.73. The van der Waals surface area contributed by atoms with Gasteiger partial charge in [-0.3, -0.25) is 9.69 Å². The largest absolute Gasteiger partial charge is 0.357 e. The van der Waals surface area contributed by atoms with E-state index in [1.54, 1.807) is 0 Å². The minimum Gasteiger partial charge on any atom is -0.357 e. The van der Waals surface area contributed by atoms with Crippen LogP contribution in [0.4, 0.5) is 5.82 Å². The van der Waals surface area contributed by atoms with Gasteiger partial charge in [-0.05, 0) is 44.9 Å². The summed E-state index contributed by atoms with van der Waals surface area (Å²) in [6.07, 6.45) is 4.18. The number of carbonyl (C=O) groups is 1. The van der Waals surface area contributed by atoms with Gasteiger partial charge in [0.15, 0.2) is 0 Å². The first kappa shape index (κ1) is 18.7. The Kier molecular flexibility index (Phi) is 6.60. The quantitative estimate of drug-likeness (QED) is 0.870. The number of pyridine rings is 1. The monoisotopic (exact) mass is 332 g/mol. The van der Waals surface area contributed by atoms with Gasteiger partial charge in [0.2, 0.25) is 5.91 Å². The van der Waals surface area contributed by atoms with Crippen molar-refractivity contribution >= 4 is 11.7 Å². The van der Waals surface area contributed by atoms with E-state index >= 15 is 0 Å². The molecule has 0 aliphatic carbocycles. The maximum atomic E-state index is 11.9. The van der Waals surface area contributed by atoms with Crippen LogP contribution in [0, 0.1) is 5.92 Å². The van der Waals surface area contributed by atoms with Crippen molar-refractivity contribution in [2.45, 2.75) is 59.2 Å². The van der Waals surface area contributed by atoms with Crippen molar-refractivity contribution in [3.8, 4) is 0 Å². The number of piperidine rings is 1. The summed E-state index contributed by atoms with van der Waals surface area (Å²) in [6.45, 7) is 11.1. The van der Waals surface area contributed by atoms with Gasteiger partial charge in [0, 0.05) is 44.3 Å². The lowest BCUT2D eigenvalue weighted by atomic mass is 10.0. The highest BCUT2D eigenvalue weighted by Gasteiger charge is 2.22. The Bertz CT molecular complexity index is 527. The lowest BCUT2D eigenvalue weighted by molar-refractivity contribution is -0.125. The van der Waals surface area contributed by atoms with Gasteiger partial charge >= 0.3 is 0 Å². The second kappa shape index (κ2) is 8.47. The smallest absolute Gasteiger partial charge is 0.222 e. The molecule has 1 aliphatic rings. The predicted octanol–water partition coefficient (Wildman–Crippen LogP) is 2.66. The van der Waals surface area contributed by atoms with Crippen LogP contribution in [0.2, 0.25) is 0 Å². The average molecular weight is 332 g/mol. The van der Waals surface area contributed by atoms with Crippen molar-refractivity contribution in [3.63, 3.8) is 0 Å². The van der Waals surface area contributed by atoms with Gasteiger partial charge in [-0.2, -0.15) is 0 Å². The standard InChI is InChI=1S/C19H32N4O/c1-14(2)19(24)21-17-7-6-10-23(13-17)12-16-8-9-18(20-11-16)22(5)15(3)4/h8-9,11,14-15,17H,6-7,10,12-13H2,1-5H3,(H,21,24). The molecule has 1 saturated heterocycles. The Labute approximate surface area is 146 Å². The van der Waals surface area contributed by atoms with Crippen LogP contribution in [-0.4, -0.2) is 48.0 Å². The fourth-order valence-corrected chi connectivity index (χ4v) is 2.93. The number of carbonyl (C=O) groups excluding carboxylic acids is 1. The average Bonchev–Trinajstić information content (AvgIpc) is 2.55. The van der Waals surface area contributed by atoms with Crippen molar-refractivity contribution < 1.29 is 4.79 Å². The fraction of sp³-hybridized carbons (Fsp3) is 0.684. The molecular weight excluding hydrogens is 300 g/mol. The first-order valence-corrected chi connectivity index (χ1v) is 9.07. The van der Waals surface area contributed by atoms with Crippen molar-refractivity contribution in [2.24, 2.45) is 5.92 Å². The second-order valence-electron chi connectivity index (χ2n) is 7.47. The summed E-state index contributed by atoms with van der Waals surface area (Å²) in [5.74, 6) is 1.22. The molecule has 1 aromatic rings. The Morgan fingerprint density at radius 1 is 1.38 bits per heavy atom. The van der Waals surface area contributed by atoms with E-state index in [2.05, 4.69) is 53.1 Å². The summed E-state index contributed by atoms with van der Waals surface area (Å²) >= 11 is 0. The topological polar surface area (TPSA) is 48.5 Å². The maximum Gasteiger partial charge on any atom is 0.222 e. The molecule has 2 heterocycles. The Morgan fingerprint density at radius 3 is 2.71 bits per heavy atom. The highest BCUT2D eigenvalue weighted by molar-refractivity contribution is 5.78. The van der Waals surface area contributed by atoms with Crippen LogP contribution in [0.1, 0.15) is 46.1 Å². The van der Waals surface area contributed by atoms with Gasteiger partial charge in [0.25, 0.3) is 0 Å². The summed E-state index contributed by atoms with van der Waals surface area (Å²) in [6, 6.07) is 4.97. The molecule has 1 fully saturated rings. The highest BCUT2D eigenvalue weighted by atomic mass is 16.1. The van der Waals surface area contributed by atoms with E-state index in [-0.39, 0.29) is 17.9 Å². The summed E-state index contributed by atoms with van der Waals surface area (Å²) in [5.41, 5.74) is 1.23. The number of hydrogen-bond acceptors (Lipinski definition) is 4. The van der Waals surface area contributed by atoms with Gasteiger partial charge in [-0.1, -0.05) is 19.9 Å². The third-order valence-corrected chi connectivity index (χ3v) is 4.73. The fourth-order valence-electron chi connectivity index (χ4n) is 2.93. The minimum absolute atomic E-state index is 0.0510. The van der Waals surface area contributed by atoms with Gasteiger partial charge in [-0.15, -0.1) is 0 Å². The number of aromatic nitrogens is 1. The summed E-state index contributed by atoms with van der Waals surface area (Å²) < 4.78 is 0. The van der Waals surface area contributed by atoms with E-state index < -0.39 is 0 Å². The molecule has 1 atom stereocenters. The highest BCUT2D eigenvalue weighted by Crippen LogP contribution is 2.16. The molecule has 0 saturated carbocycles. The zero-order chi connectivity index (χ0) is 17.7. The van der Waals surface area contributed by atoms with E-state index in [0.717, 1.165) is 38.3 Å². The van der Waals surface area contributed by atoms with Crippen LogP contribution >= 0.6 is 0 Å². The number of rotatable bonds is 6. The lowest BCUT2D eigenvalue weighted by Gasteiger charge is -2.33. The van der Waals surface area contributed by atoms with Crippen molar-refractivity contribution in [1.29, 1.82) is 0 Å². The van der Waals surface area contributed by atoms with E-state index in [0.29, 0.717) is 6.04 Å². The molecule has 0 aromatic carbocycles. The maximum absolute atomic E-state index is 11.9. The molecule has 0 spiro atoms. The van der Waals surface area contributed by atoms with Crippen LogP contribution in [0.3, 0.4) is 0 Å². The van der Waals surface area contributed by atoms with E-state index in [4.69, 9.17) is 0 Å². The lowest BCUT2D eigenvalue weighted by Crippen LogP contribution is -2.48. The molecule has 134 valence electrons. The number of nitrogens with one attached hydrogen (secondary N) is 1. The third kappa shape index (κ3) is 5.20.